The van der Waals surface area contributed by atoms with Crippen LogP contribution in [0.2, 0.25) is 0 Å². The first-order valence-electron chi connectivity index (χ1n) is 6.50. The summed E-state index contributed by atoms with van der Waals surface area (Å²) in [5.41, 5.74) is 2.63. The van der Waals surface area contributed by atoms with Crippen LogP contribution >= 0.6 is 27.3 Å². The topological polar surface area (TPSA) is 40.6 Å². The number of benzene rings is 1. The summed E-state index contributed by atoms with van der Waals surface area (Å²) in [6.45, 7) is 3.05. The van der Waals surface area contributed by atoms with Gasteiger partial charge in [0.1, 0.15) is 4.21 Å². The molecular formula is C14H15BrN2O2S2. The number of aryl methyl sites for hydroxylation is 1. The van der Waals surface area contributed by atoms with Gasteiger partial charge in [0.2, 0.25) is 0 Å². The van der Waals surface area contributed by atoms with Gasteiger partial charge in [0.05, 0.1) is 21.7 Å². The SMILES string of the molecule is Cc1cc(S(=O)(=O)N2CCN(C)c3ccccc32)sc1Br. The van der Waals surface area contributed by atoms with Crippen LogP contribution in [0.1, 0.15) is 5.56 Å². The highest BCUT2D eigenvalue weighted by Crippen LogP contribution is 2.38. The summed E-state index contributed by atoms with van der Waals surface area (Å²) in [5, 5.41) is 0. The molecule has 0 radical (unpaired) electrons. The molecule has 0 spiro atoms. The summed E-state index contributed by atoms with van der Waals surface area (Å²) < 4.78 is 28.6. The largest absolute Gasteiger partial charge is 0.371 e. The van der Waals surface area contributed by atoms with Gasteiger partial charge in [-0.15, -0.1) is 11.3 Å². The molecule has 1 aromatic heterocycles. The zero-order valence-corrected chi connectivity index (χ0v) is 14.9. The molecule has 0 fully saturated rings. The Bertz CT molecular complexity index is 767. The number of rotatable bonds is 2. The van der Waals surface area contributed by atoms with Crippen LogP contribution in [0.5, 0.6) is 0 Å². The Morgan fingerprint density at radius 3 is 2.48 bits per heavy atom. The first-order valence-corrected chi connectivity index (χ1v) is 9.55. The Morgan fingerprint density at radius 1 is 1.19 bits per heavy atom. The lowest BCUT2D eigenvalue weighted by Gasteiger charge is -2.35. The molecule has 2 aromatic rings. The van der Waals surface area contributed by atoms with E-state index in [1.54, 1.807) is 6.07 Å². The highest BCUT2D eigenvalue weighted by atomic mass is 79.9. The second kappa shape index (κ2) is 5.30. The molecular weight excluding hydrogens is 372 g/mol. The number of fused-ring (bicyclic) bond motifs is 1. The smallest absolute Gasteiger partial charge is 0.273 e. The van der Waals surface area contributed by atoms with Gasteiger partial charge in [-0.2, -0.15) is 0 Å². The fourth-order valence-corrected chi connectivity index (χ4v) is 6.21. The predicted octanol–water partition coefficient (Wildman–Crippen LogP) is 3.46. The number of thiophene rings is 1. The van der Waals surface area contributed by atoms with Crippen molar-refractivity contribution < 1.29 is 8.42 Å². The maximum atomic E-state index is 12.9. The van der Waals surface area contributed by atoms with E-state index in [0.29, 0.717) is 17.3 Å². The van der Waals surface area contributed by atoms with Crippen molar-refractivity contribution in [3.05, 3.63) is 39.7 Å². The molecule has 0 bridgehead atoms. The van der Waals surface area contributed by atoms with E-state index in [2.05, 4.69) is 20.8 Å². The van der Waals surface area contributed by atoms with Gasteiger partial charge in [-0.1, -0.05) is 12.1 Å². The van der Waals surface area contributed by atoms with E-state index in [4.69, 9.17) is 0 Å². The van der Waals surface area contributed by atoms with Crippen molar-refractivity contribution in [3.8, 4) is 0 Å². The molecule has 0 unspecified atom stereocenters. The summed E-state index contributed by atoms with van der Waals surface area (Å²) >= 11 is 4.66. The highest BCUT2D eigenvalue weighted by molar-refractivity contribution is 9.11. The molecule has 4 nitrogen and oxygen atoms in total. The summed E-state index contributed by atoms with van der Waals surface area (Å²) in [4.78, 5) is 2.08. The number of sulfonamides is 1. The molecule has 0 saturated carbocycles. The number of halogens is 1. The number of likely N-dealkylation sites (N-methyl/N-ethyl adjacent to an activating group) is 1. The van der Waals surface area contributed by atoms with E-state index in [9.17, 15) is 8.42 Å². The molecule has 0 saturated heterocycles. The third-order valence-corrected chi connectivity index (χ3v) is 7.98. The normalized spacial score (nSPS) is 15.2. The van der Waals surface area contributed by atoms with Gasteiger partial charge in [0.15, 0.2) is 0 Å². The number of nitrogens with zero attached hydrogens (tertiary/aromatic N) is 2. The molecule has 0 aliphatic carbocycles. The molecule has 0 atom stereocenters. The standard InChI is InChI=1S/C14H15BrN2O2S2/c1-10-9-13(20-14(10)15)21(18,19)17-8-7-16(2)11-5-3-4-6-12(11)17/h3-6,9H,7-8H2,1-2H3. The van der Waals surface area contributed by atoms with Crippen LogP contribution in [0.4, 0.5) is 11.4 Å². The summed E-state index contributed by atoms with van der Waals surface area (Å²) in [6, 6.07) is 9.34. The summed E-state index contributed by atoms with van der Waals surface area (Å²) in [6.07, 6.45) is 0. The zero-order valence-electron chi connectivity index (χ0n) is 11.7. The second-order valence-electron chi connectivity index (χ2n) is 5.01. The minimum absolute atomic E-state index is 0.381. The van der Waals surface area contributed by atoms with Crippen molar-refractivity contribution in [2.75, 3.05) is 29.3 Å². The average Bonchev–Trinajstić information content (AvgIpc) is 2.80. The fraction of sp³-hybridized carbons (Fsp3) is 0.286. The van der Waals surface area contributed by atoms with Gasteiger partial charge in [-0.25, -0.2) is 8.42 Å². The third kappa shape index (κ3) is 2.47. The molecule has 0 amide bonds. The van der Waals surface area contributed by atoms with Gasteiger partial charge in [-0.05, 0) is 46.6 Å². The monoisotopic (exact) mass is 386 g/mol. The Kier molecular flexibility index (Phi) is 3.75. The summed E-state index contributed by atoms with van der Waals surface area (Å²) in [7, 11) is -1.52. The maximum absolute atomic E-state index is 12.9. The number of para-hydroxylation sites is 2. The Balaban J connectivity index is 2.10. The van der Waals surface area contributed by atoms with Crippen LogP contribution in [0.3, 0.4) is 0 Å². The molecule has 21 heavy (non-hydrogen) atoms. The van der Waals surface area contributed by atoms with Gasteiger partial charge in [0.25, 0.3) is 10.0 Å². The van der Waals surface area contributed by atoms with Gasteiger partial charge in [0, 0.05) is 13.6 Å². The van der Waals surface area contributed by atoms with Crippen LogP contribution in [-0.2, 0) is 10.0 Å². The molecule has 1 aromatic carbocycles. The second-order valence-corrected chi connectivity index (χ2v) is 9.47. The number of anilines is 2. The van der Waals surface area contributed by atoms with Crippen LogP contribution in [0.25, 0.3) is 0 Å². The number of hydrogen-bond donors (Lipinski definition) is 0. The molecule has 7 heteroatoms. The van der Waals surface area contributed by atoms with E-state index >= 15 is 0 Å². The Hall–Kier alpha value is -1.05. The molecule has 0 N–H and O–H groups in total. The van der Waals surface area contributed by atoms with Gasteiger partial charge >= 0.3 is 0 Å². The van der Waals surface area contributed by atoms with Crippen LogP contribution in [-0.4, -0.2) is 28.6 Å². The first-order chi connectivity index (χ1) is 9.91. The molecule has 112 valence electrons. The first kappa shape index (κ1) is 14.9. The maximum Gasteiger partial charge on any atom is 0.273 e. The molecule has 1 aliphatic rings. The van der Waals surface area contributed by atoms with Gasteiger partial charge in [-0.3, -0.25) is 4.31 Å². The van der Waals surface area contributed by atoms with E-state index in [1.165, 1.54) is 15.6 Å². The van der Waals surface area contributed by atoms with Crippen molar-refractivity contribution in [1.29, 1.82) is 0 Å². The van der Waals surface area contributed by atoms with Crippen LogP contribution in [0.15, 0.2) is 38.3 Å². The van der Waals surface area contributed by atoms with Crippen molar-refractivity contribution in [3.63, 3.8) is 0 Å². The molecule has 2 heterocycles. The minimum Gasteiger partial charge on any atom is -0.371 e. The highest BCUT2D eigenvalue weighted by Gasteiger charge is 2.32. The van der Waals surface area contributed by atoms with E-state index in [-0.39, 0.29) is 0 Å². The quantitative estimate of drug-likeness (QED) is 0.793. The fourth-order valence-electron chi connectivity index (χ4n) is 2.40. The van der Waals surface area contributed by atoms with E-state index in [0.717, 1.165) is 20.7 Å². The van der Waals surface area contributed by atoms with Crippen molar-refractivity contribution in [1.82, 2.24) is 0 Å². The van der Waals surface area contributed by atoms with E-state index < -0.39 is 10.0 Å². The van der Waals surface area contributed by atoms with Crippen molar-refractivity contribution >= 4 is 48.7 Å². The number of hydrogen-bond acceptors (Lipinski definition) is 4. The van der Waals surface area contributed by atoms with Gasteiger partial charge < -0.3 is 4.90 Å². The van der Waals surface area contributed by atoms with Crippen molar-refractivity contribution in [2.45, 2.75) is 11.1 Å². The Labute approximate surface area is 137 Å². The Morgan fingerprint density at radius 2 is 1.86 bits per heavy atom. The summed E-state index contributed by atoms with van der Waals surface area (Å²) in [5.74, 6) is 0. The third-order valence-electron chi connectivity index (χ3n) is 3.58. The zero-order chi connectivity index (χ0) is 15.2. The lowest BCUT2D eigenvalue weighted by Crippen LogP contribution is -2.42. The van der Waals surface area contributed by atoms with E-state index in [1.807, 2.05) is 38.2 Å². The van der Waals surface area contributed by atoms with Crippen molar-refractivity contribution in [2.24, 2.45) is 0 Å². The van der Waals surface area contributed by atoms with Crippen LogP contribution in [0, 0.1) is 6.92 Å². The lowest BCUT2D eigenvalue weighted by atomic mass is 10.2. The molecule has 3 rings (SSSR count). The predicted molar refractivity (Wildman–Crippen MR) is 91.0 cm³/mol. The minimum atomic E-state index is -3.51. The average molecular weight is 387 g/mol. The molecule has 1 aliphatic heterocycles. The van der Waals surface area contributed by atoms with Crippen LogP contribution < -0.4 is 9.21 Å². The lowest BCUT2D eigenvalue weighted by molar-refractivity contribution is 0.591.